The molecule has 0 saturated carbocycles. The molecule has 1 aromatic carbocycles. The SMILES string of the molecule is C[C@@H](O)c1cccc2c1OC(F)(F)C(=O)N2Cc1ccnc(F)c1. The zero-order valence-electron chi connectivity index (χ0n) is 12.5. The van der Waals surface area contributed by atoms with Crippen LogP contribution in [-0.4, -0.2) is 22.1 Å². The monoisotopic (exact) mass is 338 g/mol. The van der Waals surface area contributed by atoms with E-state index in [2.05, 4.69) is 9.72 Å². The Hall–Kier alpha value is -2.61. The van der Waals surface area contributed by atoms with Gasteiger partial charge in [-0.3, -0.25) is 9.69 Å². The highest BCUT2D eigenvalue weighted by atomic mass is 19.3. The largest absolute Gasteiger partial charge is 0.483 e. The van der Waals surface area contributed by atoms with Gasteiger partial charge in [-0.1, -0.05) is 12.1 Å². The molecule has 2 aromatic rings. The first-order chi connectivity index (χ1) is 11.3. The van der Waals surface area contributed by atoms with Crippen LogP contribution in [0.25, 0.3) is 0 Å². The normalized spacial score (nSPS) is 17.2. The van der Waals surface area contributed by atoms with Crippen molar-refractivity contribution in [2.45, 2.75) is 25.7 Å². The van der Waals surface area contributed by atoms with Crippen LogP contribution in [0.1, 0.15) is 24.2 Å². The third-order valence-electron chi connectivity index (χ3n) is 3.62. The number of amides is 1. The smallest absolute Gasteiger partial charge is 0.423 e. The summed E-state index contributed by atoms with van der Waals surface area (Å²) in [6.07, 6.45) is -3.96. The zero-order chi connectivity index (χ0) is 17.5. The summed E-state index contributed by atoms with van der Waals surface area (Å²) in [5.74, 6) is -2.61. The number of aliphatic hydroxyl groups is 1. The number of benzene rings is 1. The van der Waals surface area contributed by atoms with Crippen molar-refractivity contribution >= 4 is 11.6 Å². The highest BCUT2D eigenvalue weighted by Gasteiger charge is 2.51. The third kappa shape index (κ3) is 2.80. The first-order valence-corrected chi connectivity index (χ1v) is 7.10. The second kappa shape index (κ2) is 5.79. The minimum Gasteiger partial charge on any atom is -0.423 e. The van der Waals surface area contributed by atoms with Crippen molar-refractivity contribution in [3.05, 3.63) is 53.6 Å². The van der Waals surface area contributed by atoms with Crippen LogP contribution in [0.2, 0.25) is 0 Å². The Morgan fingerprint density at radius 3 is 2.79 bits per heavy atom. The van der Waals surface area contributed by atoms with Crippen molar-refractivity contribution in [1.29, 1.82) is 0 Å². The van der Waals surface area contributed by atoms with Gasteiger partial charge in [0.25, 0.3) is 0 Å². The number of hydrogen-bond acceptors (Lipinski definition) is 4. The van der Waals surface area contributed by atoms with Crippen LogP contribution >= 0.6 is 0 Å². The van der Waals surface area contributed by atoms with E-state index in [-0.39, 0.29) is 23.5 Å². The Kier molecular flexibility index (Phi) is 3.92. The molecule has 126 valence electrons. The lowest BCUT2D eigenvalue weighted by Crippen LogP contribution is -2.50. The summed E-state index contributed by atoms with van der Waals surface area (Å²) in [5.41, 5.74) is 0.508. The van der Waals surface area contributed by atoms with Gasteiger partial charge in [0, 0.05) is 11.8 Å². The van der Waals surface area contributed by atoms with E-state index in [9.17, 15) is 23.1 Å². The molecule has 0 bridgehead atoms. The average molecular weight is 338 g/mol. The third-order valence-corrected chi connectivity index (χ3v) is 3.62. The maximum atomic E-state index is 14.0. The molecule has 3 rings (SSSR count). The van der Waals surface area contributed by atoms with Crippen molar-refractivity contribution in [2.24, 2.45) is 0 Å². The maximum Gasteiger partial charge on any atom is 0.483 e. The Labute approximate surface area is 135 Å². The molecule has 24 heavy (non-hydrogen) atoms. The molecule has 0 saturated heterocycles. The fourth-order valence-corrected chi connectivity index (χ4v) is 2.51. The van der Waals surface area contributed by atoms with Gasteiger partial charge >= 0.3 is 12.0 Å². The standard InChI is InChI=1S/C16H13F3N2O3/c1-9(22)11-3-2-4-12-14(11)24-16(18,19)15(23)21(12)8-10-5-6-20-13(17)7-10/h2-7,9,22H,8H2,1H3/t9-/m1/s1. The topological polar surface area (TPSA) is 62.7 Å². The van der Waals surface area contributed by atoms with E-state index >= 15 is 0 Å². The second-order valence-electron chi connectivity index (χ2n) is 5.37. The van der Waals surface area contributed by atoms with Gasteiger partial charge in [-0.15, -0.1) is 0 Å². The summed E-state index contributed by atoms with van der Waals surface area (Å²) in [6.45, 7) is 1.11. The lowest BCUT2D eigenvalue weighted by atomic mass is 10.1. The minimum absolute atomic E-state index is 0.0848. The van der Waals surface area contributed by atoms with Crippen LogP contribution in [0.15, 0.2) is 36.5 Å². The van der Waals surface area contributed by atoms with Crippen LogP contribution in [0.5, 0.6) is 5.75 Å². The van der Waals surface area contributed by atoms with Gasteiger partial charge in [-0.05, 0) is 30.7 Å². The van der Waals surface area contributed by atoms with Gasteiger partial charge in [0.2, 0.25) is 5.95 Å². The number of pyridine rings is 1. The van der Waals surface area contributed by atoms with E-state index in [0.29, 0.717) is 5.56 Å². The predicted octanol–water partition coefficient (Wildman–Crippen LogP) is 2.79. The number of anilines is 1. The molecule has 2 heterocycles. The Morgan fingerprint density at radius 2 is 2.12 bits per heavy atom. The number of halogens is 3. The number of nitrogens with zero attached hydrogens (tertiary/aromatic N) is 2. The molecule has 1 aromatic heterocycles. The predicted molar refractivity (Wildman–Crippen MR) is 78.0 cm³/mol. The van der Waals surface area contributed by atoms with Crippen molar-refractivity contribution in [1.82, 2.24) is 4.98 Å². The number of aromatic nitrogens is 1. The molecule has 1 amide bonds. The lowest BCUT2D eigenvalue weighted by Gasteiger charge is -2.35. The lowest BCUT2D eigenvalue weighted by molar-refractivity contribution is -0.193. The molecule has 0 fully saturated rings. The maximum absolute atomic E-state index is 14.0. The number of alkyl halides is 2. The van der Waals surface area contributed by atoms with Crippen LogP contribution < -0.4 is 9.64 Å². The number of fused-ring (bicyclic) bond motifs is 1. The molecule has 0 aliphatic carbocycles. The van der Waals surface area contributed by atoms with Gasteiger partial charge < -0.3 is 9.84 Å². The van der Waals surface area contributed by atoms with Crippen molar-refractivity contribution < 1.29 is 27.8 Å². The van der Waals surface area contributed by atoms with Gasteiger partial charge in [0.05, 0.1) is 18.3 Å². The molecule has 5 nitrogen and oxygen atoms in total. The van der Waals surface area contributed by atoms with Crippen LogP contribution in [0.3, 0.4) is 0 Å². The molecule has 1 N–H and O–H groups in total. The fraction of sp³-hybridized carbons (Fsp3) is 0.250. The summed E-state index contributed by atoms with van der Waals surface area (Å²) in [6, 6.07) is 6.84. The van der Waals surface area contributed by atoms with Gasteiger partial charge in [-0.25, -0.2) is 4.98 Å². The Morgan fingerprint density at radius 1 is 1.38 bits per heavy atom. The number of carbonyl (C=O) groups is 1. The summed E-state index contributed by atoms with van der Waals surface area (Å²) >= 11 is 0. The Bertz CT molecular complexity index is 796. The quantitative estimate of drug-likeness (QED) is 0.874. The van der Waals surface area contributed by atoms with Crippen molar-refractivity contribution in [3.8, 4) is 5.75 Å². The van der Waals surface area contributed by atoms with E-state index in [0.717, 1.165) is 11.0 Å². The summed E-state index contributed by atoms with van der Waals surface area (Å²) < 4.78 is 45.7. The van der Waals surface area contributed by atoms with Crippen molar-refractivity contribution in [2.75, 3.05) is 4.90 Å². The van der Waals surface area contributed by atoms with Gasteiger partial charge in [0.1, 0.15) is 0 Å². The number of aliphatic hydroxyl groups excluding tert-OH is 1. The minimum atomic E-state index is -4.08. The highest BCUT2D eigenvalue weighted by molar-refractivity contribution is 6.01. The zero-order valence-corrected chi connectivity index (χ0v) is 12.5. The number of rotatable bonds is 3. The number of carbonyl (C=O) groups excluding carboxylic acids is 1. The Balaban J connectivity index is 2.09. The first-order valence-electron chi connectivity index (χ1n) is 7.10. The van der Waals surface area contributed by atoms with E-state index in [4.69, 9.17) is 0 Å². The molecular weight excluding hydrogens is 325 g/mol. The van der Waals surface area contributed by atoms with Crippen molar-refractivity contribution in [3.63, 3.8) is 0 Å². The summed E-state index contributed by atoms with van der Waals surface area (Å²) in [5, 5.41) is 9.74. The van der Waals surface area contributed by atoms with E-state index < -0.39 is 24.1 Å². The molecule has 0 spiro atoms. The highest BCUT2D eigenvalue weighted by Crippen LogP contribution is 2.44. The molecular formula is C16H13F3N2O3. The fourth-order valence-electron chi connectivity index (χ4n) is 2.51. The first kappa shape index (κ1) is 16.3. The second-order valence-corrected chi connectivity index (χ2v) is 5.37. The van der Waals surface area contributed by atoms with E-state index in [1.807, 2.05) is 0 Å². The molecule has 1 aliphatic heterocycles. The number of hydrogen-bond donors (Lipinski definition) is 1. The molecule has 0 unspecified atom stereocenters. The summed E-state index contributed by atoms with van der Waals surface area (Å²) in [4.78, 5) is 16.3. The molecule has 0 radical (unpaired) electrons. The van der Waals surface area contributed by atoms with Gasteiger partial charge in [-0.2, -0.15) is 13.2 Å². The van der Waals surface area contributed by atoms with E-state index in [1.165, 1.54) is 37.4 Å². The van der Waals surface area contributed by atoms with E-state index in [1.54, 1.807) is 0 Å². The van der Waals surface area contributed by atoms with Crippen LogP contribution in [-0.2, 0) is 11.3 Å². The molecule has 1 atom stereocenters. The van der Waals surface area contributed by atoms with Gasteiger partial charge in [0.15, 0.2) is 5.75 Å². The summed E-state index contributed by atoms with van der Waals surface area (Å²) in [7, 11) is 0. The van der Waals surface area contributed by atoms with Crippen LogP contribution in [0.4, 0.5) is 18.9 Å². The number of ether oxygens (including phenoxy) is 1. The van der Waals surface area contributed by atoms with Crippen LogP contribution in [0, 0.1) is 5.95 Å². The molecule has 8 heteroatoms. The number of para-hydroxylation sites is 1. The molecule has 1 aliphatic rings. The average Bonchev–Trinajstić information content (AvgIpc) is 2.51.